The van der Waals surface area contributed by atoms with Crippen molar-refractivity contribution in [3.05, 3.63) is 53.2 Å². The highest BCUT2D eigenvalue weighted by Crippen LogP contribution is 2.26. The Balaban J connectivity index is 1.79. The van der Waals surface area contributed by atoms with Gasteiger partial charge in [0.1, 0.15) is 5.69 Å². The first kappa shape index (κ1) is 15.9. The smallest absolute Gasteiger partial charge is 0.275 e. The minimum absolute atomic E-state index is 0.163. The summed E-state index contributed by atoms with van der Waals surface area (Å²) < 4.78 is 5.28. The molecular weight excluding hydrogens is 326 g/mol. The number of benzene rings is 1. The van der Waals surface area contributed by atoms with Crippen molar-refractivity contribution in [2.24, 2.45) is 0 Å². The minimum atomic E-state index is -0.313. The van der Waals surface area contributed by atoms with Gasteiger partial charge >= 0.3 is 0 Å². The number of rotatable bonds is 4. The predicted octanol–water partition coefficient (Wildman–Crippen LogP) is 3.92. The van der Waals surface area contributed by atoms with Gasteiger partial charge in [0.25, 0.3) is 5.91 Å². The van der Waals surface area contributed by atoms with Gasteiger partial charge in [-0.15, -0.1) is 11.3 Å². The van der Waals surface area contributed by atoms with E-state index in [0.29, 0.717) is 27.8 Å². The van der Waals surface area contributed by atoms with Gasteiger partial charge in [-0.25, -0.2) is 4.98 Å². The molecule has 2 heterocycles. The first-order valence-electron chi connectivity index (χ1n) is 7.22. The Kier molecular flexibility index (Phi) is 4.43. The third kappa shape index (κ3) is 3.36. The van der Waals surface area contributed by atoms with Gasteiger partial charge in [0.05, 0.1) is 6.26 Å². The molecule has 0 aliphatic heterocycles. The van der Waals surface area contributed by atoms with Crippen LogP contribution >= 0.6 is 11.3 Å². The third-order valence-electron chi connectivity index (χ3n) is 3.36. The molecule has 0 aliphatic carbocycles. The van der Waals surface area contributed by atoms with Crippen LogP contribution in [0.3, 0.4) is 0 Å². The summed E-state index contributed by atoms with van der Waals surface area (Å²) in [7, 11) is 0. The standard InChI is InChI=1S/C17H15N3O3S/c1-10-12(18-11(2)21)5-3-6-13(10)19-16(22)14-9-24-17(20-14)15-7-4-8-23-15/h3-9H,1-2H3,(H,18,21)(H,19,22). The van der Waals surface area contributed by atoms with Gasteiger partial charge in [-0.05, 0) is 36.8 Å². The molecule has 0 fully saturated rings. The van der Waals surface area contributed by atoms with Crippen LogP contribution in [0.5, 0.6) is 0 Å². The van der Waals surface area contributed by atoms with Gasteiger partial charge in [-0.3, -0.25) is 9.59 Å². The van der Waals surface area contributed by atoms with Gasteiger partial charge in [0, 0.05) is 23.7 Å². The molecule has 0 saturated carbocycles. The summed E-state index contributed by atoms with van der Waals surface area (Å²) in [5, 5.41) is 7.88. The Hall–Kier alpha value is -2.93. The van der Waals surface area contributed by atoms with Crippen molar-refractivity contribution in [2.75, 3.05) is 10.6 Å². The summed E-state index contributed by atoms with van der Waals surface area (Å²) in [5.41, 5.74) is 2.38. The molecule has 3 rings (SSSR count). The number of carbonyl (C=O) groups excluding carboxylic acids is 2. The van der Waals surface area contributed by atoms with Crippen LogP contribution in [0.25, 0.3) is 10.8 Å². The quantitative estimate of drug-likeness (QED) is 0.753. The van der Waals surface area contributed by atoms with E-state index in [-0.39, 0.29) is 11.8 Å². The van der Waals surface area contributed by atoms with Crippen LogP contribution in [0.1, 0.15) is 23.0 Å². The molecule has 0 unspecified atom stereocenters. The molecule has 122 valence electrons. The van der Waals surface area contributed by atoms with Crippen molar-refractivity contribution < 1.29 is 14.0 Å². The van der Waals surface area contributed by atoms with E-state index in [2.05, 4.69) is 15.6 Å². The average molecular weight is 341 g/mol. The number of amides is 2. The monoisotopic (exact) mass is 341 g/mol. The van der Waals surface area contributed by atoms with Gasteiger partial charge in [-0.1, -0.05) is 6.07 Å². The lowest BCUT2D eigenvalue weighted by Gasteiger charge is -2.12. The molecule has 0 bridgehead atoms. The van der Waals surface area contributed by atoms with Crippen molar-refractivity contribution in [3.63, 3.8) is 0 Å². The zero-order valence-corrected chi connectivity index (χ0v) is 13.9. The Morgan fingerprint density at radius 2 is 1.88 bits per heavy atom. The topological polar surface area (TPSA) is 84.2 Å². The summed E-state index contributed by atoms with van der Waals surface area (Å²) in [5.74, 6) is 0.152. The molecule has 0 saturated heterocycles. The van der Waals surface area contributed by atoms with Crippen LogP contribution in [0.2, 0.25) is 0 Å². The zero-order valence-electron chi connectivity index (χ0n) is 13.1. The third-order valence-corrected chi connectivity index (χ3v) is 4.22. The molecule has 7 heteroatoms. The number of aromatic nitrogens is 1. The minimum Gasteiger partial charge on any atom is -0.462 e. The molecule has 0 spiro atoms. The Bertz CT molecular complexity index is 884. The van der Waals surface area contributed by atoms with Crippen LogP contribution in [0.4, 0.5) is 11.4 Å². The summed E-state index contributed by atoms with van der Waals surface area (Å²) >= 11 is 1.34. The van der Waals surface area contributed by atoms with Crippen LogP contribution in [0, 0.1) is 6.92 Å². The fourth-order valence-electron chi connectivity index (χ4n) is 2.17. The second-order valence-electron chi connectivity index (χ2n) is 5.13. The summed E-state index contributed by atoms with van der Waals surface area (Å²) in [6.45, 7) is 3.27. The number of hydrogen-bond donors (Lipinski definition) is 2. The van der Waals surface area contributed by atoms with Gasteiger partial charge in [0.15, 0.2) is 10.8 Å². The van der Waals surface area contributed by atoms with Crippen molar-refractivity contribution >= 4 is 34.5 Å². The van der Waals surface area contributed by atoms with Crippen molar-refractivity contribution in [1.29, 1.82) is 0 Å². The van der Waals surface area contributed by atoms with Gasteiger partial charge < -0.3 is 15.1 Å². The number of hydrogen-bond acceptors (Lipinski definition) is 5. The van der Waals surface area contributed by atoms with Gasteiger partial charge in [0.2, 0.25) is 5.91 Å². The van der Waals surface area contributed by atoms with Crippen molar-refractivity contribution in [2.45, 2.75) is 13.8 Å². The normalized spacial score (nSPS) is 10.4. The Labute approximate surface area is 142 Å². The molecule has 0 radical (unpaired) electrons. The van der Waals surface area contributed by atoms with Crippen molar-refractivity contribution in [1.82, 2.24) is 4.98 Å². The molecule has 0 atom stereocenters. The molecule has 6 nitrogen and oxygen atoms in total. The lowest BCUT2D eigenvalue weighted by atomic mass is 10.1. The number of nitrogens with zero attached hydrogens (tertiary/aromatic N) is 1. The molecular formula is C17H15N3O3S. The van der Waals surface area contributed by atoms with E-state index < -0.39 is 0 Å². The maximum Gasteiger partial charge on any atom is 0.275 e. The van der Waals surface area contributed by atoms with Crippen LogP contribution < -0.4 is 10.6 Å². The highest BCUT2D eigenvalue weighted by molar-refractivity contribution is 7.13. The highest BCUT2D eigenvalue weighted by atomic mass is 32.1. The SMILES string of the molecule is CC(=O)Nc1cccc(NC(=O)c2csc(-c3ccco3)n2)c1C. The van der Waals surface area contributed by atoms with E-state index in [0.717, 1.165) is 5.56 Å². The molecule has 24 heavy (non-hydrogen) atoms. The van der Waals surface area contributed by atoms with Gasteiger partial charge in [-0.2, -0.15) is 0 Å². The largest absolute Gasteiger partial charge is 0.462 e. The lowest BCUT2D eigenvalue weighted by molar-refractivity contribution is -0.114. The maximum absolute atomic E-state index is 12.4. The van der Waals surface area contributed by atoms with Crippen LogP contribution in [-0.4, -0.2) is 16.8 Å². The van der Waals surface area contributed by atoms with E-state index >= 15 is 0 Å². The summed E-state index contributed by atoms with van der Waals surface area (Å²) in [4.78, 5) is 27.9. The lowest BCUT2D eigenvalue weighted by Crippen LogP contribution is -2.14. The number of carbonyl (C=O) groups is 2. The number of anilines is 2. The van der Waals surface area contributed by atoms with E-state index in [1.807, 2.05) is 6.92 Å². The second kappa shape index (κ2) is 6.67. The van der Waals surface area contributed by atoms with Crippen LogP contribution in [-0.2, 0) is 4.79 Å². The second-order valence-corrected chi connectivity index (χ2v) is 5.99. The fourth-order valence-corrected chi connectivity index (χ4v) is 2.94. The predicted molar refractivity (Wildman–Crippen MR) is 93.3 cm³/mol. The van der Waals surface area contributed by atoms with E-state index in [4.69, 9.17) is 4.42 Å². The molecule has 1 aromatic carbocycles. The number of nitrogens with one attached hydrogen (secondary N) is 2. The molecule has 2 amide bonds. The molecule has 0 aliphatic rings. The van der Waals surface area contributed by atoms with Crippen LogP contribution in [0.15, 0.2) is 46.4 Å². The first-order chi connectivity index (χ1) is 11.5. The number of furan rings is 1. The Morgan fingerprint density at radius 3 is 2.54 bits per heavy atom. The first-order valence-corrected chi connectivity index (χ1v) is 8.10. The molecule has 3 aromatic rings. The fraction of sp³-hybridized carbons (Fsp3) is 0.118. The van der Waals surface area contributed by atoms with E-state index in [1.165, 1.54) is 18.3 Å². The maximum atomic E-state index is 12.4. The Morgan fingerprint density at radius 1 is 1.12 bits per heavy atom. The summed E-state index contributed by atoms with van der Waals surface area (Å²) in [6.07, 6.45) is 1.56. The van der Waals surface area contributed by atoms with Crippen molar-refractivity contribution in [3.8, 4) is 10.8 Å². The average Bonchev–Trinajstić information content (AvgIpc) is 3.21. The number of thiazole rings is 1. The zero-order chi connectivity index (χ0) is 17.1. The summed E-state index contributed by atoms with van der Waals surface area (Å²) in [6, 6.07) is 8.89. The highest BCUT2D eigenvalue weighted by Gasteiger charge is 2.15. The van der Waals surface area contributed by atoms with E-state index in [9.17, 15) is 9.59 Å². The molecule has 2 N–H and O–H groups in total. The molecule has 2 aromatic heterocycles. The van der Waals surface area contributed by atoms with E-state index in [1.54, 1.807) is 42.0 Å².